The van der Waals surface area contributed by atoms with E-state index in [0.29, 0.717) is 19.1 Å². The van der Waals surface area contributed by atoms with Gasteiger partial charge in [0.25, 0.3) is 0 Å². The molecular weight excluding hydrogens is 417 g/mol. The van der Waals surface area contributed by atoms with Crippen molar-refractivity contribution in [2.75, 3.05) is 19.0 Å². The predicted octanol–water partition coefficient (Wildman–Crippen LogP) is 3.65. The maximum Gasteiger partial charge on any atom is 0.193 e. The Balaban J connectivity index is 0.00000288. The Kier molecular flexibility index (Phi) is 9.18. The summed E-state index contributed by atoms with van der Waals surface area (Å²) in [5, 5.41) is 3.11. The fraction of sp³-hybridized carbons (Fsp3) is 0.278. The van der Waals surface area contributed by atoms with E-state index in [4.69, 9.17) is 15.2 Å². The minimum absolute atomic E-state index is 0. The second-order valence-electron chi connectivity index (χ2n) is 5.18. The van der Waals surface area contributed by atoms with E-state index in [0.717, 1.165) is 17.0 Å². The monoisotopic (exact) mass is 441 g/mol. The second kappa shape index (κ2) is 10.9. The van der Waals surface area contributed by atoms with Crippen LogP contribution in [-0.4, -0.2) is 25.7 Å². The van der Waals surface area contributed by atoms with E-state index in [2.05, 4.69) is 10.3 Å². The predicted molar refractivity (Wildman–Crippen MR) is 109 cm³/mol. The van der Waals surface area contributed by atoms with Crippen molar-refractivity contribution in [1.29, 1.82) is 0 Å². The first-order valence-electron chi connectivity index (χ1n) is 7.54. The zero-order chi connectivity index (χ0) is 16.5. The lowest BCUT2D eigenvalue weighted by Gasteiger charge is -2.14. The van der Waals surface area contributed by atoms with Crippen LogP contribution in [-0.2, 0) is 11.3 Å². The first-order valence-corrected chi connectivity index (χ1v) is 7.54. The molecule has 130 valence electrons. The van der Waals surface area contributed by atoms with Crippen LogP contribution in [0.25, 0.3) is 0 Å². The average Bonchev–Trinajstić information content (AvgIpc) is 2.56. The number of para-hydroxylation sites is 2. The van der Waals surface area contributed by atoms with Gasteiger partial charge in [-0.1, -0.05) is 36.4 Å². The lowest BCUT2D eigenvalue weighted by atomic mass is 10.2. The van der Waals surface area contributed by atoms with Crippen LogP contribution >= 0.6 is 24.0 Å². The number of rotatable bonds is 7. The minimum atomic E-state index is -0.0630. The summed E-state index contributed by atoms with van der Waals surface area (Å²) < 4.78 is 10.9. The smallest absolute Gasteiger partial charge is 0.193 e. The van der Waals surface area contributed by atoms with Gasteiger partial charge in [0, 0.05) is 18.4 Å². The molecule has 2 rings (SSSR count). The largest absolute Gasteiger partial charge is 0.489 e. The number of nitrogens with one attached hydrogen (secondary N) is 1. The van der Waals surface area contributed by atoms with Gasteiger partial charge in [-0.15, -0.1) is 24.0 Å². The lowest BCUT2D eigenvalue weighted by Crippen LogP contribution is -2.26. The molecule has 24 heavy (non-hydrogen) atoms. The van der Waals surface area contributed by atoms with Crippen molar-refractivity contribution < 1.29 is 9.47 Å². The van der Waals surface area contributed by atoms with Gasteiger partial charge < -0.3 is 20.5 Å². The molecule has 0 aliphatic rings. The number of nitrogens with zero attached hydrogens (tertiary/aromatic N) is 1. The van der Waals surface area contributed by atoms with Crippen LogP contribution in [0.5, 0.6) is 5.75 Å². The molecule has 2 aromatic rings. The molecule has 1 atom stereocenters. The Morgan fingerprint density at radius 3 is 2.50 bits per heavy atom. The van der Waals surface area contributed by atoms with Crippen molar-refractivity contribution in [3.8, 4) is 5.75 Å². The summed E-state index contributed by atoms with van der Waals surface area (Å²) in [6, 6.07) is 17.5. The fourth-order valence-electron chi connectivity index (χ4n) is 2.10. The third-order valence-corrected chi connectivity index (χ3v) is 3.18. The van der Waals surface area contributed by atoms with Gasteiger partial charge in [0.1, 0.15) is 11.9 Å². The molecule has 0 spiro atoms. The summed E-state index contributed by atoms with van der Waals surface area (Å²) in [6.45, 7) is 2.95. The van der Waals surface area contributed by atoms with Gasteiger partial charge in [0.15, 0.2) is 5.96 Å². The van der Waals surface area contributed by atoms with Crippen molar-refractivity contribution in [2.45, 2.75) is 19.6 Å². The summed E-state index contributed by atoms with van der Waals surface area (Å²) in [7, 11) is 1.66. The third kappa shape index (κ3) is 6.76. The highest BCUT2D eigenvalue weighted by molar-refractivity contribution is 14.0. The molecule has 0 radical (unpaired) electrons. The molecule has 2 aromatic carbocycles. The van der Waals surface area contributed by atoms with Crippen LogP contribution in [0, 0.1) is 0 Å². The zero-order valence-electron chi connectivity index (χ0n) is 13.9. The standard InChI is InChI=1S/C18H23N3O2.HI/c1-14(23-16-9-4-3-5-10-16)12-20-18(19)21-17-11-7-6-8-15(17)13-22-2;/h3-11,14H,12-13H2,1-2H3,(H3,19,20,21);1H. The maximum atomic E-state index is 5.95. The number of methoxy groups -OCH3 is 1. The minimum Gasteiger partial charge on any atom is -0.489 e. The summed E-state index contributed by atoms with van der Waals surface area (Å²) in [5.41, 5.74) is 7.88. The Labute approximate surface area is 160 Å². The van der Waals surface area contributed by atoms with Gasteiger partial charge in [-0.05, 0) is 25.1 Å². The molecule has 0 bridgehead atoms. The number of benzene rings is 2. The molecule has 0 aromatic heterocycles. The van der Waals surface area contributed by atoms with Gasteiger partial charge >= 0.3 is 0 Å². The van der Waals surface area contributed by atoms with E-state index in [-0.39, 0.29) is 30.1 Å². The number of hydrogen-bond acceptors (Lipinski definition) is 3. The molecule has 0 fully saturated rings. The number of nitrogens with two attached hydrogens (primary N) is 1. The fourth-order valence-corrected chi connectivity index (χ4v) is 2.10. The average molecular weight is 441 g/mol. The zero-order valence-corrected chi connectivity index (χ0v) is 16.3. The molecule has 0 heterocycles. The van der Waals surface area contributed by atoms with Crippen molar-refractivity contribution in [3.05, 3.63) is 60.2 Å². The maximum absolute atomic E-state index is 5.95. The molecule has 6 heteroatoms. The normalized spacial score (nSPS) is 12.2. The molecule has 3 N–H and O–H groups in total. The Morgan fingerprint density at radius 2 is 1.79 bits per heavy atom. The molecule has 5 nitrogen and oxygen atoms in total. The number of aliphatic imine (C=N–C) groups is 1. The first-order chi connectivity index (χ1) is 11.2. The van der Waals surface area contributed by atoms with Crippen LogP contribution in [0.3, 0.4) is 0 Å². The van der Waals surface area contributed by atoms with Gasteiger partial charge in [0.05, 0.1) is 13.2 Å². The van der Waals surface area contributed by atoms with Crippen molar-refractivity contribution >= 4 is 35.6 Å². The number of anilines is 1. The van der Waals surface area contributed by atoms with Crippen LogP contribution < -0.4 is 15.8 Å². The van der Waals surface area contributed by atoms with E-state index in [1.807, 2.05) is 61.5 Å². The highest BCUT2D eigenvalue weighted by atomic mass is 127. The molecule has 0 amide bonds. The number of halogens is 1. The number of guanidine groups is 1. The summed E-state index contributed by atoms with van der Waals surface area (Å²) >= 11 is 0. The van der Waals surface area contributed by atoms with Crippen molar-refractivity contribution in [1.82, 2.24) is 0 Å². The molecule has 0 saturated heterocycles. The van der Waals surface area contributed by atoms with E-state index in [1.165, 1.54) is 0 Å². The summed E-state index contributed by atoms with van der Waals surface area (Å²) in [4.78, 5) is 4.33. The quantitative estimate of drug-likeness (QED) is 0.391. The van der Waals surface area contributed by atoms with Crippen molar-refractivity contribution in [2.24, 2.45) is 10.7 Å². The number of hydrogen-bond donors (Lipinski definition) is 2. The Bertz CT molecular complexity index is 635. The third-order valence-electron chi connectivity index (χ3n) is 3.18. The molecule has 0 aliphatic carbocycles. The van der Waals surface area contributed by atoms with Gasteiger partial charge in [0.2, 0.25) is 0 Å². The second-order valence-corrected chi connectivity index (χ2v) is 5.18. The van der Waals surface area contributed by atoms with Crippen molar-refractivity contribution in [3.63, 3.8) is 0 Å². The van der Waals surface area contributed by atoms with E-state index in [1.54, 1.807) is 7.11 Å². The highest BCUT2D eigenvalue weighted by Gasteiger charge is 2.05. The molecular formula is C18H24IN3O2. The lowest BCUT2D eigenvalue weighted by molar-refractivity contribution is 0.185. The van der Waals surface area contributed by atoms with E-state index >= 15 is 0 Å². The van der Waals surface area contributed by atoms with Crippen LogP contribution in [0.4, 0.5) is 5.69 Å². The topological polar surface area (TPSA) is 68.9 Å². The summed E-state index contributed by atoms with van der Waals surface area (Å²) in [5.74, 6) is 1.18. The first kappa shape index (κ1) is 20.2. The summed E-state index contributed by atoms with van der Waals surface area (Å²) in [6.07, 6.45) is -0.0630. The molecule has 0 aliphatic heterocycles. The van der Waals surface area contributed by atoms with Crippen LogP contribution in [0.2, 0.25) is 0 Å². The van der Waals surface area contributed by atoms with Gasteiger partial charge in [-0.25, -0.2) is 4.99 Å². The highest BCUT2D eigenvalue weighted by Crippen LogP contribution is 2.15. The van der Waals surface area contributed by atoms with Gasteiger partial charge in [-0.3, -0.25) is 0 Å². The Hall–Kier alpha value is -1.80. The molecule has 0 saturated carbocycles. The van der Waals surface area contributed by atoms with Crippen LogP contribution in [0.15, 0.2) is 59.6 Å². The number of ether oxygens (including phenoxy) is 2. The van der Waals surface area contributed by atoms with E-state index < -0.39 is 0 Å². The van der Waals surface area contributed by atoms with Gasteiger partial charge in [-0.2, -0.15) is 0 Å². The molecule has 1 unspecified atom stereocenters. The van der Waals surface area contributed by atoms with Crippen LogP contribution in [0.1, 0.15) is 12.5 Å². The SMILES string of the molecule is COCc1ccccc1NC(N)=NCC(C)Oc1ccccc1.I. The Morgan fingerprint density at radius 1 is 1.12 bits per heavy atom. The van der Waals surface area contributed by atoms with E-state index in [9.17, 15) is 0 Å².